The van der Waals surface area contributed by atoms with Gasteiger partial charge in [-0.25, -0.2) is 0 Å². The van der Waals surface area contributed by atoms with Gasteiger partial charge in [0.15, 0.2) is 0 Å². The molecule has 2 N–H and O–H groups in total. The Labute approximate surface area is 154 Å². The zero-order valence-electron chi connectivity index (χ0n) is 15.0. The lowest BCUT2D eigenvalue weighted by Gasteiger charge is -2.31. The predicted octanol–water partition coefficient (Wildman–Crippen LogP) is 2.66. The molecule has 2 aromatic rings. The number of benzene rings is 1. The van der Waals surface area contributed by atoms with Crippen LogP contribution in [0.15, 0.2) is 42.7 Å². The lowest BCUT2D eigenvalue weighted by molar-refractivity contribution is -0.122. The number of hydrogen-bond donors (Lipinski definition) is 2. The zero-order valence-corrected chi connectivity index (χ0v) is 15.0. The predicted molar refractivity (Wildman–Crippen MR) is 100 cm³/mol. The van der Waals surface area contributed by atoms with E-state index in [0.717, 1.165) is 49.4 Å². The van der Waals surface area contributed by atoms with Crippen LogP contribution in [-0.2, 0) is 11.3 Å². The van der Waals surface area contributed by atoms with Gasteiger partial charge in [0.25, 0.3) is 6.47 Å². The molecule has 0 saturated carbocycles. The van der Waals surface area contributed by atoms with Crippen molar-refractivity contribution in [1.82, 2.24) is 9.88 Å². The monoisotopic (exact) mass is 358 g/mol. The molecule has 6 nitrogen and oxygen atoms in total. The van der Waals surface area contributed by atoms with E-state index in [9.17, 15) is 5.11 Å². The van der Waals surface area contributed by atoms with Gasteiger partial charge in [-0.3, -0.25) is 14.7 Å². The van der Waals surface area contributed by atoms with Crippen molar-refractivity contribution in [3.8, 4) is 16.9 Å². The number of ether oxygens (including phenoxy) is 1. The summed E-state index contributed by atoms with van der Waals surface area (Å²) >= 11 is 0. The molecule has 1 atom stereocenters. The van der Waals surface area contributed by atoms with Gasteiger partial charge in [-0.2, -0.15) is 0 Å². The number of carbonyl (C=O) groups is 1. The topological polar surface area (TPSA) is 82.9 Å². The Hall–Kier alpha value is -2.44. The number of nitrogens with zero attached hydrogens (tertiary/aromatic N) is 2. The highest BCUT2D eigenvalue weighted by Crippen LogP contribution is 2.31. The van der Waals surface area contributed by atoms with Crippen molar-refractivity contribution in [1.29, 1.82) is 0 Å². The summed E-state index contributed by atoms with van der Waals surface area (Å²) in [6.07, 6.45) is 5.94. The van der Waals surface area contributed by atoms with E-state index in [1.54, 1.807) is 13.3 Å². The average Bonchev–Trinajstić information content (AvgIpc) is 2.69. The van der Waals surface area contributed by atoms with Gasteiger partial charge < -0.3 is 14.9 Å². The van der Waals surface area contributed by atoms with Crippen LogP contribution in [0.4, 0.5) is 0 Å². The summed E-state index contributed by atoms with van der Waals surface area (Å²) in [5, 5.41) is 16.3. The second-order valence-corrected chi connectivity index (χ2v) is 6.31. The maximum absolute atomic E-state index is 9.39. The number of piperidine rings is 1. The van der Waals surface area contributed by atoms with Crippen LogP contribution < -0.4 is 4.74 Å². The van der Waals surface area contributed by atoms with E-state index in [-0.39, 0.29) is 6.47 Å². The Morgan fingerprint density at radius 1 is 1.38 bits per heavy atom. The zero-order chi connectivity index (χ0) is 18.8. The molecule has 1 aliphatic rings. The van der Waals surface area contributed by atoms with Crippen LogP contribution in [0.5, 0.6) is 5.75 Å². The molecule has 0 amide bonds. The van der Waals surface area contributed by atoms with E-state index in [1.807, 2.05) is 18.3 Å². The molecule has 1 fully saturated rings. The summed E-state index contributed by atoms with van der Waals surface area (Å²) in [6, 6.07) is 10.3. The minimum Gasteiger partial charge on any atom is -0.496 e. The third-order valence-electron chi connectivity index (χ3n) is 4.50. The smallest absolute Gasteiger partial charge is 0.290 e. The molecule has 2 heterocycles. The third kappa shape index (κ3) is 5.54. The number of aliphatic hydroxyl groups is 1. The first-order valence-corrected chi connectivity index (χ1v) is 8.70. The Morgan fingerprint density at radius 2 is 2.19 bits per heavy atom. The summed E-state index contributed by atoms with van der Waals surface area (Å²) in [6.45, 7) is 3.03. The molecule has 1 unspecified atom stereocenters. The Balaban J connectivity index is 0.000000758. The minimum absolute atomic E-state index is 0.250. The molecule has 3 rings (SSSR count). The van der Waals surface area contributed by atoms with Crippen molar-refractivity contribution in [3.63, 3.8) is 0 Å². The van der Waals surface area contributed by atoms with Gasteiger partial charge in [-0.15, -0.1) is 0 Å². The highest BCUT2D eigenvalue weighted by Gasteiger charge is 2.19. The molecule has 0 aliphatic carbocycles. The number of aliphatic hydroxyl groups excluding tert-OH is 1. The third-order valence-corrected chi connectivity index (χ3v) is 4.50. The van der Waals surface area contributed by atoms with Crippen molar-refractivity contribution in [2.24, 2.45) is 5.92 Å². The molecule has 1 aliphatic heterocycles. The Bertz CT molecular complexity index is 679. The number of likely N-dealkylation sites (tertiary alicyclic amines) is 1. The first-order chi connectivity index (χ1) is 12.7. The van der Waals surface area contributed by atoms with E-state index in [4.69, 9.17) is 14.6 Å². The van der Waals surface area contributed by atoms with Crippen LogP contribution in [0.25, 0.3) is 11.1 Å². The highest BCUT2D eigenvalue weighted by molar-refractivity contribution is 5.70. The normalized spacial score (nSPS) is 17.1. The van der Waals surface area contributed by atoms with Crippen LogP contribution >= 0.6 is 0 Å². The van der Waals surface area contributed by atoms with Gasteiger partial charge in [0, 0.05) is 43.2 Å². The Kier molecular flexibility index (Phi) is 8.05. The Morgan fingerprint density at radius 3 is 2.85 bits per heavy atom. The van der Waals surface area contributed by atoms with Crippen molar-refractivity contribution < 1.29 is 19.7 Å². The fourth-order valence-corrected chi connectivity index (χ4v) is 3.30. The van der Waals surface area contributed by atoms with Gasteiger partial charge in [0.2, 0.25) is 0 Å². The summed E-state index contributed by atoms with van der Waals surface area (Å²) in [7, 11) is 1.70. The van der Waals surface area contributed by atoms with Crippen LogP contribution in [0.3, 0.4) is 0 Å². The number of carboxylic acid groups (broad SMARTS) is 1. The van der Waals surface area contributed by atoms with Crippen LogP contribution in [0.2, 0.25) is 0 Å². The van der Waals surface area contributed by atoms with Crippen molar-refractivity contribution in [3.05, 3.63) is 48.3 Å². The van der Waals surface area contributed by atoms with E-state index in [0.29, 0.717) is 12.5 Å². The van der Waals surface area contributed by atoms with Gasteiger partial charge in [0.05, 0.1) is 7.11 Å². The number of hydrogen-bond acceptors (Lipinski definition) is 5. The summed E-state index contributed by atoms with van der Waals surface area (Å²) in [4.78, 5) is 15.0. The first kappa shape index (κ1) is 19.9. The van der Waals surface area contributed by atoms with Crippen LogP contribution in [0.1, 0.15) is 18.4 Å². The molecule has 0 bridgehead atoms. The molecular weight excluding hydrogens is 332 g/mol. The summed E-state index contributed by atoms with van der Waals surface area (Å²) in [5.41, 5.74) is 3.41. The average molecular weight is 358 g/mol. The van der Waals surface area contributed by atoms with E-state index < -0.39 is 0 Å². The molecule has 1 aromatic heterocycles. The minimum atomic E-state index is -0.250. The van der Waals surface area contributed by atoms with Gasteiger partial charge in [-0.1, -0.05) is 12.1 Å². The van der Waals surface area contributed by atoms with Gasteiger partial charge in [0.1, 0.15) is 5.75 Å². The molecule has 0 spiro atoms. The van der Waals surface area contributed by atoms with Crippen molar-refractivity contribution >= 4 is 6.47 Å². The summed E-state index contributed by atoms with van der Waals surface area (Å²) < 4.78 is 5.50. The standard InChI is InChI=1S/C19H24N2O2.CH2O2/c1-23-19-7-6-15(10-18(19)17-5-2-8-20-11-17)12-21-9-3-4-16(13-21)14-22;2-1-3/h2,5-8,10-11,16,22H,3-4,9,12-14H2,1H3;1H,(H,2,3). The lowest BCUT2D eigenvalue weighted by atomic mass is 9.98. The van der Waals surface area contributed by atoms with Crippen LogP contribution in [-0.4, -0.2) is 53.4 Å². The molecule has 1 aromatic carbocycles. The number of methoxy groups -OCH3 is 1. The molecular formula is C20H26N2O4. The second kappa shape index (κ2) is 10.5. The summed E-state index contributed by atoms with van der Waals surface area (Å²) in [5.74, 6) is 1.29. The van der Waals surface area contributed by atoms with Crippen molar-refractivity contribution in [2.45, 2.75) is 19.4 Å². The molecule has 1 saturated heterocycles. The molecule has 140 valence electrons. The van der Waals surface area contributed by atoms with Crippen molar-refractivity contribution in [2.75, 3.05) is 26.8 Å². The van der Waals surface area contributed by atoms with Gasteiger partial charge >= 0.3 is 0 Å². The quantitative estimate of drug-likeness (QED) is 0.800. The lowest BCUT2D eigenvalue weighted by Crippen LogP contribution is -2.36. The number of rotatable bonds is 5. The van der Waals surface area contributed by atoms with Gasteiger partial charge in [-0.05, 0) is 49.1 Å². The molecule has 0 radical (unpaired) electrons. The number of aromatic nitrogens is 1. The maximum Gasteiger partial charge on any atom is 0.290 e. The largest absolute Gasteiger partial charge is 0.496 e. The van der Waals surface area contributed by atoms with E-state index in [1.165, 1.54) is 5.56 Å². The first-order valence-electron chi connectivity index (χ1n) is 8.70. The highest BCUT2D eigenvalue weighted by atomic mass is 16.5. The second-order valence-electron chi connectivity index (χ2n) is 6.31. The van der Waals surface area contributed by atoms with Crippen LogP contribution in [0, 0.1) is 5.92 Å². The SMILES string of the molecule is COc1ccc(CN2CCCC(CO)C2)cc1-c1cccnc1.O=CO. The number of pyridine rings is 1. The fourth-order valence-electron chi connectivity index (χ4n) is 3.30. The van der Waals surface area contributed by atoms with E-state index >= 15 is 0 Å². The fraction of sp³-hybridized carbons (Fsp3) is 0.400. The maximum atomic E-state index is 9.39. The molecule has 6 heteroatoms. The molecule has 26 heavy (non-hydrogen) atoms. The van der Waals surface area contributed by atoms with E-state index in [2.05, 4.69) is 28.1 Å².